The minimum absolute atomic E-state index is 0.0659. The van der Waals surface area contributed by atoms with E-state index in [1.54, 1.807) is 4.90 Å². The van der Waals surface area contributed by atoms with E-state index in [0.29, 0.717) is 12.5 Å². The molecule has 1 amide bonds. The lowest BCUT2D eigenvalue weighted by molar-refractivity contribution is 0.107. The van der Waals surface area contributed by atoms with Crippen LogP contribution < -0.4 is 5.32 Å². The van der Waals surface area contributed by atoms with E-state index in [1.807, 2.05) is 30.3 Å². The molecular weight excluding hydrogens is 228 g/mol. The summed E-state index contributed by atoms with van der Waals surface area (Å²) in [7, 11) is 0. The van der Waals surface area contributed by atoms with E-state index in [2.05, 4.69) is 5.32 Å². The van der Waals surface area contributed by atoms with Crippen LogP contribution in [0.1, 0.15) is 12.0 Å². The largest absolute Gasteiger partial charge is 0.444 e. The van der Waals surface area contributed by atoms with E-state index < -0.39 is 0 Å². The van der Waals surface area contributed by atoms with Crippen LogP contribution in [0.5, 0.6) is 0 Å². The molecule has 2 unspecified atom stereocenters. The van der Waals surface area contributed by atoms with Crippen molar-refractivity contribution >= 4 is 6.09 Å². The maximum Gasteiger partial charge on any atom is 0.410 e. The quantitative estimate of drug-likeness (QED) is 0.881. The van der Waals surface area contributed by atoms with Crippen LogP contribution in [0.2, 0.25) is 0 Å². The molecule has 3 rings (SSSR count). The van der Waals surface area contributed by atoms with Gasteiger partial charge in [0.2, 0.25) is 0 Å². The summed E-state index contributed by atoms with van der Waals surface area (Å²) < 4.78 is 5.48. The molecule has 96 valence electrons. The van der Waals surface area contributed by atoms with Gasteiger partial charge in [0.05, 0.1) is 6.54 Å². The lowest BCUT2D eigenvalue weighted by Gasteiger charge is -2.15. The van der Waals surface area contributed by atoms with Gasteiger partial charge in [-0.1, -0.05) is 30.3 Å². The van der Waals surface area contributed by atoms with Crippen molar-refractivity contribution in [3.63, 3.8) is 0 Å². The second kappa shape index (κ2) is 4.98. The number of carbonyl (C=O) groups excluding carboxylic acids is 1. The number of ether oxygens (including phenoxy) is 1. The molecule has 0 bridgehead atoms. The van der Waals surface area contributed by atoms with E-state index in [4.69, 9.17) is 4.74 Å². The molecule has 0 aromatic heterocycles. The van der Waals surface area contributed by atoms with Crippen molar-refractivity contribution < 1.29 is 9.53 Å². The van der Waals surface area contributed by atoms with Crippen LogP contribution in [0, 0.1) is 5.92 Å². The van der Waals surface area contributed by atoms with Gasteiger partial charge >= 0.3 is 6.09 Å². The molecule has 0 spiro atoms. The Morgan fingerprint density at radius 3 is 2.89 bits per heavy atom. The molecule has 0 aliphatic carbocycles. The smallest absolute Gasteiger partial charge is 0.410 e. The summed E-state index contributed by atoms with van der Waals surface area (Å²) in [5.74, 6) is 0.481. The van der Waals surface area contributed by atoms with E-state index in [-0.39, 0.29) is 12.2 Å². The monoisotopic (exact) mass is 246 g/mol. The molecule has 0 saturated carbocycles. The average Bonchev–Trinajstić information content (AvgIpc) is 3.01. The Hall–Kier alpha value is -1.55. The van der Waals surface area contributed by atoms with E-state index in [9.17, 15) is 4.79 Å². The predicted octanol–water partition coefficient (Wildman–Crippen LogP) is 1.62. The van der Waals surface area contributed by atoms with Gasteiger partial charge < -0.3 is 15.0 Å². The molecule has 2 atom stereocenters. The van der Waals surface area contributed by atoms with Gasteiger partial charge in [0, 0.05) is 19.0 Å². The van der Waals surface area contributed by atoms with E-state index >= 15 is 0 Å². The summed E-state index contributed by atoms with van der Waals surface area (Å²) in [5.41, 5.74) is 1.15. The van der Waals surface area contributed by atoms with Crippen molar-refractivity contribution in [1.82, 2.24) is 10.2 Å². The first kappa shape index (κ1) is 11.5. The lowest BCUT2D eigenvalue weighted by atomic mass is 10.0. The molecule has 2 aliphatic rings. The molecule has 1 N–H and O–H groups in total. The molecule has 2 aliphatic heterocycles. The van der Waals surface area contributed by atoms with Gasteiger partial charge in [-0.05, 0) is 18.5 Å². The molecule has 2 saturated heterocycles. The number of amides is 1. The second-order valence-corrected chi connectivity index (χ2v) is 5.04. The van der Waals surface area contributed by atoms with Gasteiger partial charge in [-0.3, -0.25) is 0 Å². The van der Waals surface area contributed by atoms with Crippen molar-refractivity contribution in [2.45, 2.75) is 19.1 Å². The highest BCUT2D eigenvalue weighted by Gasteiger charge is 2.37. The number of cyclic esters (lactones) is 1. The van der Waals surface area contributed by atoms with Crippen LogP contribution in [0.4, 0.5) is 4.79 Å². The number of carbonyl (C=O) groups is 1. The normalized spacial score (nSPS) is 27.6. The third-order valence-electron chi connectivity index (χ3n) is 3.75. The van der Waals surface area contributed by atoms with Crippen LogP contribution in [-0.4, -0.2) is 36.7 Å². The maximum atomic E-state index is 11.8. The Labute approximate surface area is 107 Å². The van der Waals surface area contributed by atoms with E-state index in [1.165, 1.54) is 0 Å². The standard InChI is InChI=1S/C14H18N2O2/c17-14-16(9-11-4-2-1-3-5-11)10-13(18-14)12-6-7-15-8-12/h1-5,12-13,15H,6-10H2. The maximum absolute atomic E-state index is 11.8. The molecule has 4 nitrogen and oxygen atoms in total. The van der Waals surface area contributed by atoms with Crippen molar-refractivity contribution in [3.8, 4) is 0 Å². The van der Waals surface area contributed by atoms with Gasteiger partial charge in [-0.25, -0.2) is 4.79 Å². The Kier molecular flexibility index (Phi) is 3.19. The predicted molar refractivity (Wildman–Crippen MR) is 68.1 cm³/mol. The summed E-state index contributed by atoms with van der Waals surface area (Å²) in [5, 5.41) is 3.32. The highest BCUT2D eigenvalue weighted by Crippen LogP contribution is 2.24. The average molecular weight is 246 g/mol. The van der Waals surface area contributed by atoms with Crippen LogP contribution in [-0.2, 0) is 11.3 Å². The fourth-order valence-corrected chi connectivity index (χ4v) is 2.71. The summed E-state index contributed by atoms with van der Waals surface area (Å²) in [6, 6.07) is 10.1. The topological polar surface area (TPSA) is 41.6 Å². The van der Waals surface area contributed by atoms with Crippen LogP contribution in [0.3, 0.4) is 0 Å². The third-order valence-corrected chi connectivity index (χ3v) is 3.75. The minimum Gasteiger partial charge on any atom is -0.444 e. The number of hydrogen-bond acceptors (Lipinski definition) is 3. The first-order chi connectivity index (χ1) is 8.83. The fourth-order valence-electron chi connectivity index (χ4n) is 2.71. The number of nitrogens with one attached hydrogen (secondary N) is 1. The summed E-state index contributed by atoms with van der Waals surface area (Å²) in [4.78, 5) is 13.6. The van der Waals surface area contributed by atoms with Crippen molar-refractivity contribution in [2.75, 3.05) is 19.6 Å². The Balaban J connectivity index is 1.62. The highest BCUT2D eigenvalue weighted by molar-refractivity contribution is 5.70. The van der Waals surface area contributed by atoms with Gasteiger partial charge in [-0.15, -0.1) is 0 Å². The fraction of sp³-hybridized carbons (Fsp3) is 0.500. The van der Waals surface area contributed by atoms with Gasteiger partial charge in [0.1, 0.15) is 6.10 Å². The minimum atomic E-state index is -0.171. The van der Waals surface area contributed by atoms with Crippen LogP contribution in [0.15, 0.2) is 30.3 Å². The number of rotatable bonds is 3. The Morgan fingerprint density at radius 1 is 1.33 bits per heavy atom. The van der Waals surface area contributed by atoms with Gasteiger partial charge in [0.25, 0.3) is 0 Å². The zero-order valence-corrected chi connectivity index (χ0v) is 10.3. The number of hydrogen-bond donors (Lipinski definition) is 1. The van der Waals surface area contributed by atoms with E-state index in [0.717, 1.165) is 31.6 Å². The number of nitrogens with zero attached hydrogens (tertiary/aromatic N) is 1. The second-order valence-electron chi connectivity index (χ2n) is 5.04. The first-order valence-corrected chi connectivity index (χ1v) is 6.53. The summed E-state index contributed by atoms with van der Waals surface area (Å²) in [6.07, 6.45) is 1.00. The highest BCUT2D eigenvalue weighted by atomic mass is 16.6. The molecule has 2 heterocycles. The van der Waals surface area contributed by atoms with Gasteiger partial charge in [-0.2, -0.15) is 0 Å². The zero-order chi connectivity index (χ0) is 12.4. The first-order valence-electron chi connectivity index (χ1n) is 6.53. The van der Waals surface area contributed by atoms with Crippen molar-refractivity contribution in [1.29, 1.82) is 0 Å². The van der Waals surface area contributed by atoms with Gasteiger partial charge in [0.15, 0.2) is 0 Å². The SMILES string of the molecule is O=C1OC(C2CCNC2)CN1Cc1ccccc1. The Morgan fingerprint density at radius 2 is 2.17 bits per heavy atom. The molecule has 18 heavy (non-hydrogen) atoms. The molecule has 1 aromatic carbocycles. The Bertz CT molecular complexity index is 415. The molecular formula is C14H18N2O2. The third kappa shape index (κ3) is 2.34. The number of benzene rings is 1. The van der Waals surface area contributed by atoms with Crippen molar-refractivity contribution in [2.24, 2.45) is 5.92 Å². The molecule has 1 aromatic rings. The summed E-state index contributed by atoms with van der Waals surface area (Å²) in [6.45, 7) is 3.38. The van der Waals surface area contributed by atoms with Crippen LogP contribution >= 0.6 is 0 Å². The van der Waals surface area contributed by atoms with Crippen LogP contribution in [0.25, 0.3) is 0 Å². The molecule has 0 radical (unpaired) electrons. The molecule has 2 fully saturated rings. The lowest BCUT2D eigenvalue weighted by Crippen LogP contribution is -2.28. The zero-order valence-electron chi connectivity index (χ0n) is 10.3. The summed E-state index contributed by atoms with van der Waals surface area (Å²) >= 11 is 0. The molecule has 4 heteroatoms. The van der Waals surface area contributed by atoms with Crippen molar-refractivity contribution in [3.05, 3.63) is 35.9 Å².